The maximum absolute atomic E-state index is 13.0. The van der Waals surface area contributed by atoms with E-state index >= 15 is 0 Å². The fourth-order valence-corrected chi connectivity index (χ4v) is 9.62. The van der Waals surface area contributed by atoms with Gasteiger partial charge in [0, 0.05) is 32.6 Å². The Balaban J connectivity index is 1.20. The number of fused-ring (bicyclic) bond motifs is 5. The van der Waals surface area contributed by atoms with Crippen LogP contribution in [-0.4, -0.2) is 58.9 Å². The maximum Gasteiger partial charge on any atom is 0.222 e. The van der Waals surface area contributed by atoms with E-state index in [1.807, 2.05) is 11.8 Å². The Morgan fingerprint density at radius 2 is 1.80 bits per heavy atom. The van der Waals surface area contributed by atoms with Crippen molar-refractivity contribution in [3.05, 3.63) is 11.6 Å². The highest BCUT2D eigenvalue weighted by Gasteiger charge is 2.59. The minimum Gasteiger partial charge on any atom is -0.393 e. The van der Waals surface area contributed by atoms with E-state index in [4.69, 9.17) is 5.41 Å². The lowest BCUT2D eigenvalue weighted by Gasteiger charge is -2.58. The first kappa shape index (κ1) is 25.3. The number of amides is 1. The standard InChI is InChI=1S/C30H49N3O2/c1-20(5-10-28(35)33-17-15-32(16-18-33)21(2)31)25-8-9-26-24-7-6-22-19-23(34)11-13-29(22,3)27(24)12-14-30(25,26)4/h6,20,23-27,31,34H,5,7-19H2,1-4H3/t20-,23+,24+,25-,26+,27+,29+,30-/m1/s1. The third-order valence-corrected chi connectivity index (χ3v) is 11.8. The van der Waals surface area contributed by atoms with Gasteiger partial charge in [0.05, 0.1) is 11.9 Å². The van der Waals surface area contributed by atoms with Gasteiger partial charge in [-0.3, -0.25) is 10.2 Å². The topological polar surface area (TPSA) is 67.6 Å². The average molecular weight is 484 g/mol. The summed E-state index contributed by atoms with van der Waals surface area (Å²) >= 11 is 0. The molecule has 35 heavy (non-hydrogen) atoms. The lowest BCUT2D eigenvalue weighted by Crippen LogP contribution is -2.51. The monoisotopic (exact) mass is 483 g/mol. The van der Waals surface area contributed by atoms with Gasteiger partial charge in [0.1, 0.15) is 0 Å². The second-order valence-electron chi connectivity index (χ2n) is 13.4. The molecule has 0 spiro atoms. The third-order valence-electron chi connectivity index (χ3n) is 11.8. The summed E-state index contributed by atoms with van der Waals surface area (Å²) in [5.74, 6) is 4.71. The number of aliphatic hydroxyl groups is 1. The highest BCUT2D eigenvalue weighted by molar-refractivity contribution is 5.78. The van der Waals surface area contributed by atoms with Gasteiger partial charge in [0.15, 0.2) is 0 Å². The summed E-state index contributed by atoms with van der Waals surface area (Å²) in [6.45, 7) is 12.5. The number of carbonyl (C=O) groups is 1. The molecule has 0 aromatic rings. The molecule has 0 aromatic heterocycles. The highest BCUT2D eigenvalue weighted by Crippen LogP contribution is 2.67. The molecule has 4 aliphatic carbocycles. The predicted molar refractivity (Wildman–Crippen MR) is 141 cm³/mol. The van der Waals surface area contributed by atoms with Gasteiger partial charge in [-0.1, -0.05) is 32.4 Å². The summed E-state index contributed by atoms with van der Waals surface area (Å²) in [5, 5.41) is 18.1. The van der Waals surface area contributed by atoms with Crippen LogP contribution in [0.25, 0.3) is 0 Å². The summed E-state index contributed by atoms with van der Waals surface area (Å²) in [7, 11) is 0. The van der Waals surface area contributed by atoms with Crippen molar-refractivity contribution in [1.29, 1.82) is 5.41 Å². The first-order valence-corrected chi connectivity index (χ1v) is 14.6. The summed E-state index contributed by atoms with van der Waals surface area (Å²) in [6, 6.07) is 0. The summed E-state index contributed by atoms with van der Waals surface area (Å²) < 4.78 is 0. The molecule has 0 radical (unpaired) electrons. The number of nitrogens with one attached hydrogen (secondary N) is 1. The molecular weight excluding hydrogens is 434 g/mol. The van der Waals surface area contributed by atoms with E-state index in [1.165, 1.54) is 38.5 Å². The SMILES string of the molecule is CC(=N)N1CCN(C(=O)CC[C@@H](C)[C@H]2CC[C@H]3[C@@H]4CC=C5C[C@@H](O)CC[C@]5(C)[C@H]4CC[C@]23C)CC1. The zero-order valence-electron chi connectivity index (χ0n) is 22.7. The van der Waals surface area contributed by atoms with Crippen molar-refractivity contribution in [1.82, 2.24) is 9.80 Å². The lowest BCUT2D eigenvalue weighted by atomic mass is 9.47. The summed E-state index contributed by atoms with van der Waals surface area (Å²) in [5.41, 5.74) is 2.31. The molecule has 1 amide bonds. The molecule has 196 valence electrons. The van der Waals surface area contributed by atoms with Gasteiger partial charge in [-0.25, -0.2) is 0 Å². The molecule has 0 unspecified atom stereocenters. The minimum atomic E-state index is -0.122. The van der Waals surface area contributed by atoms with E-state index in [-0.39, 0.29) is 6.10 Å². The van der Waals surface area contributed by atoms with Crippen LogP contribution in [0.5, 0.6) is 0 Å². The molecule has 5 rings (SSSR count). The molecule has 5 heteroatoms. The minimum absolute atomic E-state index is 0.122. The van der Waals surface area contributed by atoms with E-state index in [9.17, 15) is 9.90 Å². The molecule has 8 atom stereocenters. The Bertz CT molecular complexity index is 862. The van der Waals surface area contributed by atoms with Gasteiger partial charge < -0.3 is 14.9 Å². The van der Waals surface area contributed by atoms with E-state index in [0.29, 0.717) is 34.9 Å². The molecule has 4 fully saturated rings. The van der Waals surface area contributed by atoms with Crippen molar-refractivity contribution < 1.29 is 9.90 Å². The quantitative estimate of drug-likeness (QED) is 0.316. The summed E-state index contributed by atoms with van der Waals surface area (Å²) in [4.78, 5) is 17.1. The summed E-state index contributed by atoms with van der Waals surface area (Å²) in [6.07, 6.45) is 13.8. The van der Waals surface area contributed by atoms with Gasteiger partial charge >= 0.3 is 0 Å². The van der Waals surface area contributed by atoms with Crippen molar-refractivity contribution in [2.75, 3.05) is 26.2 Å². The Kier molecular flexibility index (Phi) is 6.87. The number of aliphatic hydroxyl groups excluding tert-OH is 1. The van der Waals surface area contributed by atoms with Crippen LogP contribution < -0.4 is 0 Å². The number of nitrogens with zero attached hydrogens (tertiary/aromatic N) is 2. The van der Waals surface area contributed by atoms with Crippen LogP contribution in [0.3, 0.4) is 0 Å². The Morgan fingerprint density at radius 1 is 1.09 bits per heavy atom. The molecule has 5 nitrogen and oxygen atoms in total. The van der Waals surface area contributed by atoms with Crippen LogP contribution >= 0.6 is 0 Å². The predicted octanol–water partition coefficient (Wildman–Crippen LogP) is 5.48. The zero-order valence-corrected chi connectivity index (χ0v) is 22.7. The number of piperazine rings is 1. The fourth-order valence-electron chi connectivity index (χ4n) is 9.62. The van der Waals surface area contributed by atoms with Crippen LogP contribution in [0.2, 0.25) is 0 Å². The Labute approximate surface area is 213 Å². The van der Waals surface area contributed by atoms with Crippen molar-refractivity contribution in [3.8, 4) is 0 Å². The van der Waals surface area contributed by atoms with Crippen LogP contribution in [0.4, 0.5) is 0 Å². The Hall–Kier alpha value is -1.36. The second-order valence-corrected chi connectivity index (χ2v) is 13.4. The van der Waals surface area contributed by atoms with Crippen molar-refractivity contribution >= 4 is 11.7 Å². The smallest absolute Gasteiger partial charge is 0.222 e. The van der Waals surface area contributed by atoms with Gasteiger partial charge in [-0.15, -0.1) is 0 Å². The molecule has 2 N–H and O–H groups in total. The molecule has 3 saturated carbocycles. The van der Waals surface area contributed by atoms with Crippen LogP contribution in [0.1, 0.15) is 91.9 Å². The van der Waals surface area contributed by atoms with E-state index in [0.717, 1.165) is 69.1 Å². The second kappa shape index (κ2) is 9.50. The molecular formula is C30H49N3O2. The van der Waals surface area contributed by atoms with E-state index in [2.05, 4.69) is 31.7 Å². The van der Waals surface area contributed by atoms with Crippen LogP contribution in [0, 0.1) is 45.8 Å². The van der Waals surface area contributed by atoms with Crippen molar-refractivity contribution in [2.45, 2.75) is 98.0 Å². The number of amidine groups is 1. The zero-order chi connectivity index (χ0) is 25.0. The van der Waals surface area contributed by atoms with Crippen molar-refractivity contribution in [3.63, 3.8) is 0 Å². The normalized spacial score (nSPS) is 42.0. The number of hydrogen-bond donors (Lipinski definition) is 2. The molecule has 1 aliphatic heterocycles. The Morgan fingerprint density at radius 3 is 2.51 bits per heavy atom. The average Bonchev–Trinajstić information content (AvgIpc) is 3.20. The van der Waals surface area contributed by atoms with Gasteiger partial charge in [0.2, 0.25) is 5.91 Å². The number of hydrogen-bond acceptors (Lipinski definition) is 3. The number of allylic oxidation sites excluding steroid dienone is 1. The molecule has 1 saturated heterocycles. The largest absolute Gasteiger partial charge is 0.393 e. The van der Waals surface area contributed by atoms with Gasteiger partial charge in [-0.05, 0) is 105 Å². The molecule has 1 heterocycles. The highest BCUT2D eigenvalue weighted by atomic mass is 16.3. The molecule has 0 aromatic carbocycles. The van der Waals surface area contributed by atoms with Gasteiger partial charge in [-0.2, -0.15) is 0 Å². The first-order valence-electron chi connectivity index (χ1n) is 14.6. The lowest BCUT2D eigenvalue weighted by molar-refractivity contribution is -0.133. The van der Waals surface area contributed by atoms with Gasteiger partial charge in [0.25, 0.3) is 0 Å². The molecule has 5 aliphatic rings. The van der Waals surface area contributed by atoms with E-state index in [1.54, 1.807) is 5.57 Å². The van der Waals surface area contributed by atoms with Crippen molar-refractivity contribution in [2.24, 2.45) is 40.4 Å². The van der Waals surface area contributed by atoms with Crippen LogP contribution in [-0.2, 0) is 4.79 Å². The third kappa shape index (κ3) is 4.38. The van der Waals surface area contributed by atoms with E-state index < -0.39 is 0 Å². The van der Waals surface area contributed by atoms with Crippen LogP contribution in [0.15, 0.2) is 11.6 Å². The fraction of sp³-hybridized carbons (Fsp3) is 0.867. The first-order chi connectivity index (χ1) is 16.6. The molecule has 0 bridgehead atoms. The maximum atomic E-state index is 13.0. The number of carbonyl (C=O) groups excluding carboxylic acids is 1. The number of rotatable bonds is 4.